The summed E-state index contributed by atoms with van der Waals surface area (Å²) in [6, 6.07) is 15.1. The molecule has 5 heteroatoms. The number of methoxy groups -OCH3 is 1. The Morgan fingerprint density at radius 2 is 1.79 bits per heavy atom. The van der Waals surface area contributed by atoms with Crippen LogP contribution in [0.2, 0.25) is 0 Å². The molecular formula is C23H29NO4. The molecule has 0 fully saturated rings. The molecule has 0 spiro atoms. The van der Waals surface area contributed by atoms with E-state index < -0.39 is 6.10 Å². The highest BCUT2D eigenvalue weighted by atomic mass is 16.5. The Morgan fingerprint density at radius 1 is 1.14 bits per heavy atom. The summed E-state index contributed by atoms with van der Waals surface area (Å²) >= 11 is 0. The highest BCUT2D eigenvalue weighted by molar-refractivity contribution is 5.81. The van der Waals surface area contributed by atoms with Gasteiger partial charge in [-0.3, -0.25) is 4.79 Å². The van der Waals surface area contributed by atoms with Crippen LogP contribution in [0, 0.1) is 0 Å². The average Bonchev–Trinajstić information content (AvgIpc) is 2.73. The lowest BCUT2D eigenvalue weighted by atomic mass is 9.83. The molecule has 0 aromatic heterocycles. The van der Waals surface area contributed by atoms with Gasteiger partial charge in [-0.1, -0.05) is 44.2 Å². The third-order valence-electron chi connectivity index (χ3n) is 5.54. The van der Waals surface area contributed by atoms with Gasteiger partial charge in [0.25, 0.3) is 5.91 Å². The molecule has 0 saturated carbocycles. The van der Waals surface area contributed by atoms with Crippen LogP contribution in [-0.4, -0.2) is 24.7 Å². The molecule has 0 bridgehead atoms. The summed E-state index contributed by atoms with van der Waals surface area (Å²) in [6.45, 7) is 6.01. The van der Waals surface area contributed by atoms with Gasteiger partial charge in [-0.2, -0.15) is 0 Å². The van der Waals surface area contributed by atoms with Crippen LogP contribution >= 0.6 is 0 Å². The van der Waals surface area contributed by atoms with Gasteiger partial charge < -0.3 is 19.5 Å². The van der Waals surface area contributed by atoms with Gasteiger partial charge in [0.2, 0.25) is 0 Å². The molecule has 2 aromatic carbocycles. The largest absolute Gasteiger partial charge is 0.493 e. The van der Waals surface area contributed by atoms with Crippen molar-refractivity contribution in [1.29, 1.82) is 0 Å². The molecule has 2 aromatic rings. The monoisotopic (exact) mass is 383 g/mol. The Morgan fingerprint density at radius 3 is 2.46 bits per heavy atom. The van der Waals surface area contributed by atoms with Crippen molar-refractivity contribution in [3.05, 3.63) is 54.1 Å². The van der Waals surface area contributed by atoms with Gasteiger partial charge in [0.15, 0.2) is 17.6 Å². The highest BCUT2D eigenvalue weighted by Crippen LogP contribution is 2.42. The van der Waals surface area contributed by atoms with Crippen molar-refractivity contribution in [2.45, 2.75) is 57.8 Å². The Balaban J connectivity index is 1.77. The number of benzene rings is 2. The first-order chi connectivity index (χ1) is 13.5. The van der Waals surface area contributed by atoms with Crippen molar-refractivity contribution in [2.24, 2.45) is 0 Å². The maximum atomic E-state index is 12.9. The number of hydrogen-bond donors (Lipinski definition) is 1. The normalized spacial score (nSPS) is 18.4. The van der Waals surface area contributed by atoms with Crippen molar-refractivity contribution in [2.75, 3.05) is 7.11 Å². The van der Waals surface area contributed by atoms with Crippen molar-refractivity contribution in [3.8, 4) is 17.2 Å². The van der Waals surface area contributed by atoms with E-state index in [4.69, 9.17) is 14.2 Å². The van der Waals surface area contributed by atoms with E-state index in [2.05, 4.69) is 19.2 Å². The Bertz CT molecular complexity index is 816. The number of amides is 1. The lowest BCUT2D eigenvalue weighted by Gasteiger charge is -2.41. The summed E-state index contributed by atoms with van der Waals surface area (Å²) in [5, 5.41) is 3.17. The van der Waals surface area contributed by atoms with Crippen LogP contribution in [0.15, 0.2) is 48.5 Å². The second-order valence-electron chi connectivity index (χ2n) is 7.21. The number of ether oxygens (including phenoxy) is 3. The maximum Gasteiger partial charge on any atom is 0.261 e. The van der Waals surface area contributed by atoms with E-state index in [-0.39, 0.29) is 17.6 Å². The summed E-state index contributed by atoms with van der Waals surface area (Å²) in [6.07, 6.45) is 1.86. The highest BCUT2D eigenvalue weighted by Gasteiger charge is 2.39. The van der Waals surface area contributed by atoms with Gasteiger partial charge >= 0.3 is 0 Å². The molecule has 5 nitrogen and oxygen atoms in total. The lowest BCUT2D eigenvalue weighted by molar-refractivity contribution is -0.128. The lowest BCUT2D eigenvalue weighted by Crippen LogP contribution is -2.46. The summed E-state index contributed by atoms with van der Waals surface area (Å²) < 4.78 is 17.5. The molecule has 1 N–H and O–H groups in total. The van der Waals surface area contributed by atoms with Crippen molar-refractivity contribution >= 4 is 5.91 Å². The third-order valence-corrected chi connectivity index (χ3v) is 5.54. The fraction of sp³-hybridized carbons (Fsp3) is 0.435. The molecule has 2 unspecified atom stereocenters. The number of carbonyl (C=O) groups is 1. The Kier molecular flexibility index (Phi) is 6.12. The molecular weight excluding hydrogens is 354 g/mol. The van der Waals surface area contributed by atoms with Crippen LogP contribution in [-0.2, 0) is 4.79 Å². The van der Waals surface area contributed by atoms with E-state index in [9.17, 15) is 4.79 Å². The zero-order chi connectivity index (χ0) is 20.1. The van der Waals surface area contributed by atoms with Crippen LogP contribution in [0.4, 0.5) is 0 Å². The number of para-hydroxylation sites is 3. The zero-order valence-corrected chi connectivity index (χ0v) is 17.0. The van der Waals surface area contributed by atoms with E-state index in [1.165, 1.54) is 0 Å². The first-order valence-corrected chi connectivity index (χ1v) is 9.90. The Labute approximate surface area is 167 Å². The van der Waals surface area contributed by atoms with E-state index >= 15 is 0 Å². The van der Waals surface area contributed by atoms with Crippen LogP contribution in [0.25, 0.3) is 0 Å². The second-order valence-corrected chi connectivity index (χ2v) is 7.21. The first kappa shape index (κ1) is 20.1. The second kappa shape index (κ2) is 8.55. The van der Waals surface area contributed by atoms with E-state index in [0.29, 0.717) is 11.5 Å². The van der Waals surface area contributed by atoms with Crippen LogP contribution in [0.1, 0.15) is 51.6 Å². The summed E-state index contributed by atoms with van der Waals surface area (Å²) in [7, 11) is 1.58. The van der Waals surface area contributed by atoms with Gasteiger partial charge in [0.1, 0.15) is 11.4 Å². The summed E-state index contributed by atoms with van der Waals surface area (Å²) in [4.78, 5) is 12.9. The molecule has 2 atom stereocenters. The number of hydrogen-bond acceptors (Lipinski definition) is 4. The molecule has 0 radical (unpaired) electrons. The number of fused-ring (bicyclic) bond motifs is 1. The molecule has 28 heavy (non-hydrogen) atoms. The van der Waals surface area contributed by atoms with E-state index in [1.54, 1.807) is 20.1 Å². The smallest absolute Gasteiger partial charge is 0.261 e. The van der Waals surface area contributed by atoms with Crippen LogP contribution in [0.3, 0.4) is 0 Å². The SMILES string of the molecule is CCC1(CC)CC(NC(=O)C(C)Oc2ccccc2OC)c2ccccc2O1. The molecule has 150 valence electrons. The van der Waals surface area contributed by atoms with Gasteiger partial charge in [0.05, 0.1) is 13.2 Å². The summed E-state index contributed by atoms with van der Waals surface area (Å²) in [5.41, 5.74) is 0.747. The zero-order valence-electron chi connectivity index (χ0n) is 17.0. The van der Waals surface area contributed by atoms with E-state index in [1.807, 2.05) is 42.5 Å². The molecule has 1 aliphatic rings. The van der Waals surface area contributed by atoms with Crippen LogP contribution < -0.4 is 19.5 Å². The molecule has 3 rings (SSSR count). The average molecular weight is 383 g/mol. The standard InChI is InChI=1S/C23H29NO4/c1-5-23(6-2)15-18(17-11-7-8-12-19(17)28-23)24-22(25)16(3)27-21-14-10-9-13-20(21)26-4/h7-14,16,18H,5-6,15H2,1-4H3,(H,24,25). The minimum atomic E-state index is -0.649. The van der Waals surface area contributed by atoms with Gasteiger partial charge in [0, 0.05) is 12.0 Å². The van der Waals surface area contributed by atoms with E-state index in [0.717, 1.165) is 30.6 Å². The molecule has 0 aliphatic carbocycles. The van der Waals surface area contributed by atoms with Gasteiger partial charge in [-0.05, 0) is 38.0 Å². The fourth-order valence-electron chi connectivity index (χ4n) is 3.68. The van der Waals surface area contributed by atoms with Gasteiger partial charge in [-0.15, -0.1) is 0 Å². The molecule has 1 amide bonds. The minimum Gasteiger partial charge on any atom is -0.493 e. The third kappa shape index (κ3) is 4.08. The fourth-order valence-corrected chi connectivity index (χ4v) is 3.68. The number of carbonyl (C=O) groups excluding carboxylic acids is 1. The first-order valence-electron chi connectivity index (χ1n) is 9.90. The van der Waals surface area contributed by atoms with Gasteiger partial charge in [-0.25, -0.2) is 0 Å². The molecule has 0 saturated heterocycles. The predicted molar refractivity (Wildman–Crippen MR) is 109 cm³/mol. The minimum absolute atomic E-state index is 0.110. The van der Waals surface area contributed by atoms with Crippen molar-refractivity contribution in [3.63, 3.8) is 0 Å². The van der Waals surface area contributed by atoms with Crippen molar-refractivity contribution < 1.29 is 19.0 Å². The quantitative estimate of drug-likeness (QED) is 0.755. The molecule has 1 aliphatic heterocycles. The van der Waals surface area contributed by atoms with Crippen LogP contribution in [0.5, 0.6) is 17.2 Å². The number of rotatable bonds is 7. The molecule has 1 heterocycles. The summed E-state index contributed by atoms with van der Waals surface area (Å²) in [5.74, 6) is 1.85. The van der Waals surface area contributed by atoms with Crippen molar-refractivity contribution in [1.82, 2.24) is 5.32 Å². The number of nitrogens with one attached hydrogen (secondary N) is 1. The maximum absolute atomic E-state index is 12.9. The topological polar surface area (TPSA) is 56.8 Å². The predicted octanol–water partition coefficient (Wildman–Crippen LogP) is 4.66. The Hall–Kier alpha value is -2.69.